The van der Waals surface area contributed by atoms with Crippen LogP contribution in [0.3, 0.4) is 0 Å². The summed E-state index contributed by atoms with van der Waals surface area (Å²) < 4.78 is 1.71. The molecule has 25 heavy (non-hydrogen) atoms. The number of aromatic nitrogens is 4. The molecule has 1 amide bonds. The van der Waals surface area contributed by atoms with Crippen molar-refractivity contribution in [2.24, 2.45) is 0 Å². The van der Waals surface area contributed by atoms with E-state index in [1.54, 1.807) is 4.68 Å². The normalized spacial score (nSPS) is 16.8. The minimum Gasteiger partial charge on any atom is -0.339 e. The van der Waals surface area contributed by atoms with Crippen molar-refractivity contribution in [3.63, 3.8) is 0 Å². The van der Waals surface area contributed by atoms with Gasteiger partial charge in [0, 0.05) is 39.3 Å². The molecule has 7 nitrogen and oxygen atoms in total. The van der Waals surface area contributed by atoms with Crippen LogP contribution in [0.1, 0.15) is 19.4 Å². The zero-order valence-corrected chi connectivity index (χ0v) is 15.5. The zero-order chi connectivity index (χ0) is 17.6. The molecule has 1 aliphatic heterocycles. The van der Waals surface area contributed by atoms with Gasteiger partial charge in [-0.25, -0.2) is 4.68 Å². The van der Waals surface area contributed by atoms with E-state index in [1.807, 2.05) is 24.8 Å². The maximum absolute atomic E-state index is 12.7. The van der Waals surface area contributed by atoms with Crippen LogP contribution in [0.5, 0.6) is 0 Å². The van der Waals surface area contributed by atoms with Crippen LogP contribution in [0.2, 0.25) is 0 Å². The van der Waals surface area contributed by atoms with Crippen LogP contribution in [-0.4, -0.2) is 67.3 Å². The number of hydrogen-bond donors (Lipinski definition) is 0. The van der Waals surface area contributed by atoms with Crippen LogP contribution in [0, 0.1) is 0 Å². The summed E-state index contributed by atoms with van der Waals surface area (Å²) in [7, 11) is 0. The Hall–Kier alpha value is -1.93. The summed E-state index contributed by atoms with van der Waals surface area (Å²) in [4.78, 5) is 17.1. The van der Waals surface area contributed by atoms with Crippen molar-refractivity contribution >= 4 is 17.7 Å². The molecule has 1 aromatic carbocycles. The summed E-state index contributed by atoms with van der Waals surface area (Å²) in [5.41, 5.74) is 1.32. The first kappa shape index (κ1) is 17.9. The van der Waals surface area contributed by atoms with E-state index < -0.39 is 0 Å². The highest BCUT2D eigenvalue weighted by atomic mass is 32.2. The standard InChI is InChI=1S/C17H24N6OS/c1-3-23-17(18-19-20-23)25-14(2)16(24)22-11-9-21(10-12-22)13-15-7-5-4-6-8-15/h4-8,14H,3,9-13H2,1-2H3. The van der Waals surface area contributed by atoms with E-state index in [1.165, 1.54) is 17.3 Å². The number of hydrogen-bond acceptors (Lipinski definition) is 6. The topological polar surface area (TPSA) is 67.2 Å². The Kier molecular flexibility index (Phi) is 6.04. The quantitative estimate of drug-likeness (QED) is 0.728. The summed E-state index contributed by atoms with van der Waals surface area (Å²) in [6.45, 7) is 8.92. The van der Waals surface area contributed by atoms with Crippen LogP contribution in [0.25, 0.3) is 0 Å². The first-order valence-electron chi connectivity index (χ1n) is 8.65. The zero-order valence-electron chi connectivity index (χ0n) is 14.7. The van der Waals surface area contributed by atoms with E-state index in [0.717, 1.165) is 32.7 Å². The smallest absolute Gasteiger partial charge is 0.235 e. The van der Waals surface area contributed by atoms with Gasteiger partial charge in [-0.05, 0) is 29.8 Å². The number of tetrazole rings is 1. The summed E-state index contributed by atoms with van der Waals surface area (Å²) in [6, 6.07) is 10.5. The second kappa shape index (κ2) is 8.44. The summed E-state index contributed by atoms with van der Waals surface area (Å²) in [5.74, 6) is 0.162. The minimum atomic E-state index is -0.183. The highest BCUT2D eigenvalue weighted by Gasteiger charge is 2.26. The Morgan fingerprint density at radius 3 is 2.60 bits per heavy atom. The number of thioether (sulfide) groups is 1. The van der Waals surface area contributed by atoms with Crippen LogP contribution >= 0.6 is 11.8 Å². The van der Waals surface area contributed by atoms with Gasteiger partial charge in [0.1, 0.15) is 0 Å². The molecule has 2 heterocycles. The molecule has 0 aliphatic carbocycles. The Bertz CT molecular complexity index is 683. The molecule has 134 valence electrons. The second-order valence-corrected chi connectivity index (χ2v) is 7.43. The summed E-state index contributed by atoms with van der Waals surface area (Å²) in [6.07, 6.45) is 0. The van der Waals surface area contributed by atoms with E-state index >= 15 is 0 Å². The van der Waals surface area contributed by atoms with Crippen molar-refractivity contribution in [1.29, 1.82) is 0 Å². The largest absolute Gasteiger partial charge is 0.339 e. The lowest BCUT2D eigenvalue weighted by Gasteiger charge is -2.35. The van der Waals surface area contributed by atoms with Gasteiger partial charge in [0.05, 0.1) is 5.25 Å². The van der Waals surface area contributed by atoms with E-state index in [2.05, 4.69) is 44.7 Å². The first-order valence-corrected chi connectivity index (χ1v) is 9.53. The van der Waals surface area contributed by atoms with Crippen molar-refractivity contribution in [1.82, 2.24) is 30.0 Å². The lowest BCUT2D eigenvalue weighted by Crippen LogP contribution is -2.50. The summed E-state index contributed by atoms with van der Waals surface area (Å²) in [5, 5.41) is 12.1. The number of benzene rings is 1. The first-order chi connectivity index (χ1) is 12.2. The molecule has 8 heteroatoms. The number of rotatable bonds is 6. The molecule has 1 fully saturated rings. The molecule has 2 aromatic rings. The van der Waals surface area contributed by atoms with Crippen LogP contribution in [0.15, 0.2) is 35.5 Å². The van der Waals surface area contributed by atoms with Crippen LogP contribution < -0.4 is 0 Å². The highest BCUT2D eigenvalue weighted by molar-refractivity contribution is 8.00. The van der Waals surface area contributed by atoms with Crippen LogP contribution in [-0.2, 0) is 17.9 Å². The second-order valence-electron chi connectivity index (χ2n) is 6.12. The molecule has 0 radical (unpaired) electrons. The van der Waals surface area contributed by atoms with Gasteiger partial charge in [-0.1, -0.05) is 42.1 Å². The van der Waals surface area contributed by atoms with E-state index in [4.69, 9.17) is 0 Å². The number of aryl methyl sites for hydroxylation is 1. The monoisotopic (exact) mass is 360 g/mol. The molecule has 1 aromatic heterocycles. The Balaban J connectivity index is 1.49. The predicted octanol–water partition coefficient (Wildman–Crippen LogP) is 1.52. The number of carbonyl (C=O) groups excluding carboxylic acids is 1. The summed E-state index contributed by atoms with van der Waals surface area (Å²) >= 11 is 1.43. The number of nitrogens with zero attached hydrogens (tertiary/aromatic N) is 6. The van der Waals surface area contributed by atoms with Gasteiger partial charge in [-0.2, -0.15) is 0 Å². The van der Waals surface area contributed by atoms with E-state index in [0.29, 0.717) is 11.7 Å². The molecular formula is C17H24N6OS. The van der Waals surface area contributed by atoms with Gasteiger partial charge in [-0.3, -0.25) is 9.69 Å². The fourth-order valence-corrected chi connectivity index (χ4v) is 3.85. The van der Waals surface area contributed by atoms with Crippen LogP contribution in [0.4, 0.5) is 0 Å². The van der Waals surface area contributed by atoms with Crippen molar-refractivity contribution < 1.29 is 4.79 Å². The van der Waals surface area contributed by atoms with Crippen molar-refractivity contribution in [3.8, 4) is 0 Å². The van der Waals surface area contributed by atoms with E-state index in [9.17, 15) is 4.79 Å². The van der Waals surface area contributed by atoms with Gasteiger partial charge in [-0.15, -0.1) is 5.10 Å². The van der Waals surface area contributed by atoms with Crippen molar-refractivity contribution in [3.05, 3.63) is 35.9 Å². The predicted molar refractivity (Wildman–Crippen MR) is 97.1 cm³/mol. The third-order valence-corrected chi connectivity index (χ3v) is 5.42. The Labute approximate surface area is 152 Å². The molecule has 1 aliphatic rings. The van der Waals surface area contributed by atoms with Crippen molar-refractivity contribution in [2.75, 3.05) is 26.2 Å². The number of amides is 1. The van der Waals surface area contributed by atoms with E-state index in [-0.39, 0.29) is 11.2 Å². The molecule has 1 saturated heterocycles. The Morgan fingerprint density at radius 2 is 1.92 bits per heavy atom. The molecule has 0 spiro atoms. The van der Waals surface area contributed by atoms with Gasteiger partial charge in [0.2, 0.25) is 11.1 Å². The fourth-order valence-electron chi connectivity index (χ4n) is 2.91. The molecular weight excluding hydrogens is 336 g/mol. The lowest BCUT2D eigenvalue weighted by molar-refractivity contribution is -0.132. The molecule has 0 bridgehead atoms. The van der Waals surface area contributed by atoms with Gasteiger partial charge >= 0.3 is 0 Å². The van der Waals surface area contributed by atoms with Gasteiger partial charge in [0.15, 0.2) is 0 Å². The third kappa shape index (κ3) is 4.58. The van der Waals surface area contributed by atoms with Gasteiger partial charge in [0.25, 0.3) is 0 Å². The minimum absolute atomic E-state index is 0.162. The number of piperazine rings is 1. The number of carbonyl (C=O) groups is 1. The molecule has 0 saturated carbocycles. The molecule has 1 unspecified atom stereocenters. The maximum Gasteiger partial charge on any atom is 0.235 e. The fraction of sp³-hybridized carbons (Fsp3) is 0.529. The lowest BCUT2D eigenvalue weighted by atomic mass is 10.2. The average molecular weight is 360 g/mol. The average Bonchev–Trinajstić information content (AvgIpc) is 3.09. The third-order valence-electron chi connectivity index (χ3n) is 4.36. The van der Waals surface area contributed by atoms with Gasteiger partial charge < -0.3 is 4.90 Å². The molecule has 1 atom stereocenters. The van der Waals surface area contributed by atoms with Crippen molar-refractivity contribution in [2.45, 2.75) is 37.3 Å². The Morgan fingerprint density at radius 1 is 1.20 bits per heavy atom. The molecule has 0 N–H and O–H groups in total. The maximum atomic E-state index is 12.7. The highest BCUT2D eigenvalue weighted by Crippen LogP contribution is 2.22. The molecule has 3 rings (SSSR count). The SMILES string of the molecule is CCn1nnnc1SC(C)C(=O)N1CCN(Cc2ccccc2)CC1.